The number of azo groups is 1. The second kappa shape index (κ2) is 28.0. The molecule has 0 aromatic carbocycles. The van der Waals surface area contributed by atoms with Crippen LogP contribution in [0.15, 0.2) is 78.5 Å². The lowest BCUT2D eigenvalue weighted by atomic mass is 10.0. The molecule has 0 unspecified atom stereocenters. The number of rotatable bonds is 28. The Morgan fingerprint density at radius 1 is 0.535 bits per heavy atom. The molecule has 0 aliphatic heterocycles. The van der Waals surface area contributed by atoms with Crippen LogP contribution >= 0.6 is 0 Å². The Labute approximate surface area is 263 Å². The zero-order chi connectivity index (χ0) is 30.3. The van der Waals surface area contributed by atoms with E-state index in [1.165, 1.54) is 107 Å². The number of pyridine rings is 2. The van der Waals surface area contributed by atoms with Gasteiger partial charge in [0.15, 0.2) is 6.54 Å². The maximum Gasteiger partial charge on any atom is 0.180 e. The zero-order valence-electron chi connectivity index (χ0n) is 27.1. The first-order valence-corrected chi connectivity index (χ1v) is 17.5. The van der Waals surface area contributed by atoms with E-state index < -0.39 is 0 Å². The Morgan fingerprint density at radius 3 is 1.56 bits per heavy atom. The fourth-order valence-electron chi connectivity index (χ4n) is 5.32. The smallest absolute Gasteiger partial charge is 0.180 e. The van der Waals surface area contributed by atoms with Gasteiger partial charge in [-0.3, -0.25) is 9.97 Å². The van der Waals surface area contributed by atoms with E-state index in [0.717, 1.165) is 49.8 Å². The van der Waals surface area contributed by atoms with Gasteiger partial charge in [-0.25, -0.2) is 0 Å². The summed E-state index contributed by atoms with van der Waals surface area (Å²) in [6.07, 6.45) is 43.7. The van der Waals surface area contributed by atoms with Gasteiger partial charge in [-0.05, 0) is 99.0 Å². The number of hydroxylamine groups is 1. The third kappa shape index (κ3) is 23.3. The van der Waals surface area contributed by atoms with Gasteiger partial charge in [-0.1, -0.05) is 106 Å². The zero-order valence-corrected chi connectivity index (χ0v) is 27.1. The summed E-state index contributed by atoms with van der Waals surface area (Å²) in [5.41, 5.74) is 2.68. The van der Waals surface area contributed by atoms with Crippen LogP contribution in [0.4, 0.5) is 0 Å². The van der Waals surface area contributed by atoms with Crippen LogP contribution in [0.25, 0.3) is 0 Å². The molecular weight excluding hydrogens is 528 g/mol. The highest BCUT2D eigenvalue weighted by Crippen LogP contribution is 2.12. The topological polar surface area (TPSA) is 64.2 Å². The van der Waals surface area contributed by atoms with Crippen molar-refractivity contribution in [3.63, 3.8) is 0 Å². The summed E-state index contributed by atoms with van der Waals surface area (Å²) < 4.78 is 0. The maximum absolute atomic E-state index is 11.9. The molecule has 0 amide bonds. The molecule has 0 saturated carbocycles. The highest BCUT2D eigenvalue weighted by molar-refractivity contribution is 5.09. The molecule has 0 spiro atoms. The van der Waals surface area contributed by atoms with Crippen molar-refractivity contribution in [2.45, 2.75) is 141 Å². The molecule has 0 bridgehead atoms. The first-order chi connectivity index (χ1) is 21.3. The first kappa shape index (κ1) is 36.4. The van der Waals surface area contributed by atoms with E-state index in [1.54, 1.807) is 0 Å². The minimum Gasteiger partial charge on any atom is -0.600 e. The van der Waals surface area contributed by atoms with E-state index in [2.05, 4.69) is 51.5 Å². The van der Waals surface area contributed by atoms with Crippen LogP contribution in [0.2, 0.25) is 0 Å². The third-order valence-electron chi connectivity index (χ3n) is 7.97. The number of allylic oxidation sites excluding steroid dienone is 4. The molecule has 0 fully saturated rings. The highest BCUT2D eigenvalue weighted by atomic mass is 16.5. The van der Waals surface area contributed by atoms with E-state index in [-0.39, 0.29) is 0 Å². The second-order valence-corrected chi connectivity index (χ2v) is 11.9. The summed E-state index contributed by atoms with van der Waals surface area (Å²) in [4.78, 5) is 9.27. The fourth-order valence-corrected chi connectivity index (χ4v) is 5.32. The van der Waals surface area contributed by atoms with Crippen LogP contribution in [0.1, 0.15) is 140 Å². The van der Waals surface area contributed by atoms with Crippen molar-refractivity contribution >= 4 is 0 Å². The van der Waals surface area contributed by atoms with E-state index >= 15 is 0 Å². The number of unbranched alkanes of at least 4 members (excludes halogenated alkanes) is 16. The quantitative estimate of drug-likeness (QED) is 0.0326. The molecule has 43 heavy (non-hydrogen) atoms. The van der Waals surface area contributed by atoms with Crippen molar-refractivity contribution < 1.29 is 4.86 Å². The highest BCUT2D eigenvalue weighted by Gasteiger charge is 1.98. The molecule has 2 rings (SSSR count). The first-order valence-electron chi connectivity index (χ1n) is 17.5. The fraction of sp³-hybridized carbons (Fsp3) is 0.632. The Hall–Kier alpha value is -2.82. The van der Waals surface area contributed by atoms with Crippen LogP contribution in [-0.2, 0) is 12.8 Å². The average molecular weight is 589 g/mol. The van der Waals surface area contributed by atoms with Crippen molar-refractivity contribution in [3.8, 4) is 0 Å². The van der Waals surface area contributed by atoms with Gasteiger partial charge in [0.25, 0.3) is 0 Å². The van der Waals surface area contributed by atoms with E-state index in [9.17, 15) is 5.21 Å². The molecule has 2 heterocycles. The van der Waals surface area contributed by atoms with Crippen LogP contribution in [0.3, 0.4) is 0 Å². The monoisotopic (exact) mass is 588 g/mol. The summed E-state index contributed by atoms with van der Waals surface area (Å²) in [5, 5.41) is 16.1. The minimum absolute atomic E-state index is 0.549. The van der Waals surface area contributed by atoms with Crippen molar-refractivity contribution in [2.24, 2.45) is 5.11 Å². The predicted molar refractivity (Wildman–Crippen MR) is 182 cm³/mol. The van der Waals surface area contributed by atoms with Crippen LogP contribution in [0.5, 0.6) is 0 Å². The summed E-state index contributed by atoms with van der Waals surface area (Å²) in [7, 11) is 0. The second-order valence-electron chi connectivity index (χ2n) is 11.9. The van der Waals surface area contributed by atoms with E-state index in [0.29, 0.717) is 13.1 Å². The van der Waals surface area contributed by atoms with Crippen LogP contribution in [-0.4, -0.2) is 27.9 Å². The van der Waals surface area contributed by atoms with Crippen molar-refractivity contribution in [3.05, 3.63) is 89.7 Å². The van der Waals surface area contributed by atoms with Crippen LogP contribution < -0.4 is 0 Å². The molecule has 0 aliphatic carbocycles. The molecular formula is C38H60N4O. The lowest BCUT2D eigenvalue weighted by Crippen LogP contribution is -2.03. The molecule has 5 nitrogen and oxygen atoms in total. The number of nitrogens with zero attached hydrogens (tertiary/aromatic N) is 4. The van der Waals surface area contributed by atoms with Crippen molar-refractivity contribution in [1.82, 2.24) is 9.97 Å². The minimum atomic E-state index is 0.549. The number of aryl methyl sites for hydroxylation is 2. The van der Waals surface area contributed by atoms with Gasteiger partial charge in [-0.2, -0.15) is 0 Å². The van der Waals surface area contributed by atoms with E-state index in [4.69, 9.17) is 0 Å². The SMILES string of the molecule is [O-][N+](CCCCCCCCCCC=CCCc1cccnc1)=NCCCC=CCCCCCCCCCc1cccnc1. The van der Waals surface area contributed by atoms with Gasteiger partial charge in [-0.15, -0.1) is 0 Å². The Morgan fingerprint density at radius 2 is 1.00 bits per heavy atom. The Balaban J connectivity index is 1.25. The van der Waals surface area contributed by atoms with Gasteiger partial charge in [0.1, 0.15) is 6.54 Å². The maximum atomic E-state index is 11.9. The molecule has 0 saturated heterocycles. The van der Waals surface area contributed by atoms with E-state index in [1.807, 2.05) is 36.9 Å². The molecule has 2 aromatic rings. The standard InChI is InChI=1S/C38H60N4O/c43-42(34-24-20-16-12-8-4-2-6-10-14-18-22-28-38-30-26-32-40-36-38)41-33-23-19-15-11-7-3-1-5-9-13-17-21-27-37-29-25-31-39-35-37/h11,14-15,18,25-26,29-32,35-36H,1-10,12-13,16-17,19-24,27-28,33-34H2. The van der Waals surface area contributed by atoms with Gasteiger partial charge in [0.2, 0.25) is 0 Å². The van der Waals surface area contributed by atoms with Gasteiger partial charge < -0.3 is 5.21 Å². The summed E-state index contributed by atoms with van der Waals surface area (Å²) in [6.45, 7) is 1.20. The number of hydrogen-bond acceptors (Lipinski definition) is 4. The number of hydrogen-bond donors (Lipinski definition) is 0. The van der Waals surface area contributed by atoms with Crippen molar-refractivity contribution in [1.29, 1.82) is 0 Å². The Kier molecular flexibility index (Phi) is 23.7. The summed E-state index contributed by atoms with van der Waals surface area (Å²) in [6, 6.07) is 8.35. The van der Waals surface area contributed by atoms with Gasteiger partial charge in [0, 0.05) is 31.2 Å². The summed E-state index contributed by atoms with van der Waals surface area (Å²) >= 11 is 0. The normalized spacial score (nSPS) is 12.1. The molecule has 0 aliphatic rings. The van der Waals surface area contributed by atoms with Gasteiger partial charge in [0.05, 0.1) is 0 Å². The average Bonchev–Trinajstić information content (AvgIpc) is 3.04. The molecule has 0 radical (unpaired) electrons. The van der Waals surface area contributed by atoms with Crippen molar-refractivity contribution in [2.75, 3.05) is 13.1 Å². The molecule has 2 aromatic heterocycles. The number of aromatic nitrogens is 2. The predicted octanol–water partition coefficient (Wildman–Crippen LogP) is 11.1. The lowest BCUT2D eigenvalue weighted by molar-refractivity contribution is -0.531. The molecule has 0 N–H and O–H groups in total. The third-order valence-corrected chi connectivity index (χ3v) is 7.97. The molecule has 0 atom stereocenters. The lowest BCUT2D eigenvalue weighted by Gasteiger charge is -2.03. The molecule has 5 heteroatoms. The summed E-state index contributed by atoms with van der Waals surface area (Å²) in [5.74, 6) is 0. The van der Waals surface area contributed by atoms with Gasteiger partial charge >= 0.3 is 0 Å². The molecule has 238 valence electrons. The largest absolute Gasteiger partial charge is 0.600 e. The Bertz CT molecular complexity index is 958. The van der Waals surface area contributed by atoms with Crippen LogP contribution in [0, 0.1) is 5.21 Å².